The van der Waals surface area contributed by atoms with E-state index in [1.807, 2.05) is 0 Å². The highest BCUT2D eigenvalue weighted by atomic mass is 16.3. The molecule has 1 heterocycles. The second-order valence-corrected chi connectivity index (χ2v) is 7.15. The molecule has 1 aliphatic carbocycles. The first-order chi connectivity index (χ1) is 8.52. The summed E-state index contributed by atoms with van der Waals surface area (Å²) in [5.41, 5.74) is 0.463. The van der Waals surface area contributed by atoms with Gasteiger partial charge in [-0.15, -0.1) is 0 Å². The summed E-state index contributed by atoms with van der Waals surface area (Å²) in [7, 11) is 0. The summed E-state index contributed by atoms with van der Waals surface area (Å²) in [6.45, 7) is 10.6. The molecule has 2 N–H and O–H groups in total. The number of aliphatic hydroxyl groups excluding tert-OH is 1. The van der Waals surface area contributed by atoms with E-state index in [-0.39, 0.29) is 0 Å². The van der Waals surface area contributed by atoms with Gasteiger partial charge in [-0.25, -0.2) is 0 Å². The fourth-order valence-electron chi connectivity index (χ4n) is 3.70. The molecule has 3 heteroatoms. The Kier molecular flexibility index (Phi) is 4.68. The molecule has 0 aromatic heterocycles. The van der Waals surface area contributed by atoms with E-state index in [0.717, 1.165) is 25.6 Å². The molecular formula is C15H30N2O. The fraction of sp³-hybridized carbons (Fsp3) is 1.00. The number of aliphatic hydroxyl groups is 1. The summed E-state index contributed by atoms with van der Waals surface area (Å²) in [6, 6.07) is 1.05. The molecule has 0 radical (unpaired) electrons. The minimum Gasteiger partial charge on any atom is -0.395 e. The van der Waals surface area contributed by atoms with Gasteiger partial charge >= 0.3 is 0 Å². The number of rotatable bonds is 2. The zero-order valence-corrected chi connectivity index (χ0v) is 12.3. The maximum atomic E-state index is 9.49. The monoisotopic (exact) mass is 254 g/mol. The Balaban J connectivity index is 1.88. The molecule has 1 aliphatic heterocycles. The third kappa shape index (κ3) is 3.25. The largest absolute Gasteiger partial charge is 0.395 e. The van der Waals surface area contributed by atoms with Crippen LogP contribution in [-0.4, -0.2) is 48.3 Å². The van der Waals surface area contributed by atoms with Crippen molar-refractivity contribution in [2.45, 2.75) is 58.5 Å². The maximum Gasteiger partial charge on any atom is 0.0599 e. The molecule has 0 aromatic carbocycles. The predicted molar refractivity (Wildman–Crippen MR) is 75.7 cm³/mol. The summed E-state index contributed by atoms with van der Waals surface area (Å²) in [5.74, 6) is 0.879. The van der Waals surface area contributed by atoms with Crippen LogP contribution in [0.2, 0.25) is 0 Å². The van der Waals surface area contributed by atoms with E-state index < -0.39 is 0 Å². The Morgan fingerprint density at radius 2 is 1.83 bits per heavy atom. The minimum atomic E-state index is 0.298. The van der Waals surface area contributed by atoms with Crippen molar-refractivity contribution in [1.82, 2.24) is 10.2 Å². The van der Waals surface area contributed by atoms with Crippen LogP contribution >= 0.6 is 0 Å². The van der Waals surface area contributed by atoms with E-state index in [4.69, 9.17) is 0 Å². The molecule has 2 rings (SSSR count). The lowest BCUT2D eigenvalue weighted by atomic mass is 9.71. The first kappa shape index (κ1) is 14.3. The number of nitrogens with one attached hydrogen (secondary N) is 1. The van der Waals surface area contributed by atoms with E-state index in [2.05, 4.69) is 31.0 Å². The number of piperazine rings is 1. The van der Waals surface area contributed by atoms with E-state index in [1.54, 1.807) is 0 Å². The second-order valence-electron chi connectivity index (χ2n) is 7.15. The molecule has 0 bridgehead atoms. The Morgan fingerprint density at radius 1 is 1.17 bits per heavy atom. The molecule has 0 aromatic rings. The highest BCUT2D eigenvalue weighted by Crippen LogP contribution is 2.39. The summed E-state index contributed by atoms with van der Waals surface area (Å²) >= 11 is 0. The van der Waals surface area contributed by atoms with Gasteiger partial charge in [0.1, 0.15) is 0 Å². The standard InChI is InChI=1S/C15H30N2O/c1-15(2,3)12-4-6-13(7-5-12)17-9-8-16-10-14(17)11-18/h12-14,16,18H,4-11H2,1-3H3. The van der Waals surface area contributed by atoms with Crippen LogP contribution in [0.15, 0.2) is 0 Å². The van der Waals surface area contributed by atoms with E-state index in [1.165, 1.54) is 25.7 Å². The Labute approximate surface area is 112 Å². The first-order valence-corrected chi connectivity index (χ1v) is 7.59. The lowest BCUT2D eigenvalue weighted by Crippen LogP contribution is -2.57. The van der Waals surface area contributed by atoms with Crippen LogP contribution in [0.4, 0.5) is 0 Å². The molecule has 1 atom stereocenters. The molecule has 1 saturated carbocycles. The van der Waals surface area contributed by atoms with E-state index in [9.17, 15) is 5.11 Å². The Hall–Kier alpha value is -0.120. The summed E-state index contributed by atoms with van der Waals surface area (Å²) < 4.78 is 0. The van der Waals surface area contributed by atoms with Crippen molar-refractivity contribution in [3.8, 4) is 0 Å². The third-order valence-corrected chi connectivity index (χ3v) is 5.00. The number of hydrogen-bond acceptors (Lipinski definition) is 3. The van der Waals surface area contributed by atoms with Crippen LogP contribution in [0.1, 0.15) is 46.5 Å². The Bertz CT molecular complexity index is 254. The van der Waals surface area contributed by atoms with Crippen LogP contribution < -0.4 is 5.32 Å². The topological polar surface area (TPSA) is 35.5 Å². The van der Waals surface area contributed by atoms with Gasteiger partial charge < -0.3 is 10.4 Å². The van der Waals surface area contributed by atoms with Gasteiger partial charge in [0.05, 0.1) is 6.61 Å². The lowest BCUT2D eigenvalue weighted by molar-refractivity contribution is 0.0285. The SMILES string of the molecule is CC(C)(C)C1CCC(N2CCNCC2CO)CC1. The van der Waals surface area contributed by atoms with Gasteiger partial charge in [-0.2, -0.15) is 0 Å². The smallest absolute Gasteiger partial charge is 0.0599 e. The summed E-state index contributed by atoms with van der Waals surface area (Å²) in [5, 5.41) is 12.9. The molecule has 0 amide bonds. The highest BCUT2D eigenvalue weighted by Gasteiger charge is 2.34. The maximum absolute atomic E-state index is 9.49. The first-order valence-electron chi connectivity index (χ1n) is 7.59. The van der Waals surface area contributed by atoms with Crippen molar-refractivity contribution in [3.05, 3.63) is 0 Å². The summed E-state index contributed by atoms with van der Waals surface area (Å²) in [6.07, 6.45) is 5.35. The molecule has 3 nitrogen and oxygen atoms in total. The third-order valence-electron chi connectivity index (χ3n) is 5.00. The van der Waals surface area contributed by atoms with Crippen molar-refractivity contribution >= 4 is 0 Å². The van der Waals surface area contributed by atoms with Crippen LogP contribution in [-0.2, 0) is 0 Å². The average molecular weight is 254 g/mol. The van der Waals surface area contributed by atoms with Crippen LogP contribution in [0.5, 0.6) is 0 Å². The van der Waals surface area contributed by atoms with Gasteiger partial charge in [-0.05, 0) is 37.0 Å². The van der Waals surface area contributed by atoms with Gasteiger partial charge in [0.2, 0.25) is 0 Å². The molecule has 1 saturated heterocycles. The molecule has 2 fully saturated rings. The zero-order chi connectivity index (χ0) is 13.2. The number of nitrogens with zero attached hydrogens (tertiary/aromatic N) is 1. The van der Waals surface area contributed by atoms with Crippen molar-refractivity contribution < 1.29 is 5.11 Å². The highest BCUT2D eigenvalue weighted by molar-refractivity contribution is 4.89. The van der Waals surface area contributed by atoms with Gasteiger partial charge in [0.25, 0.3) is 0 Å². The van der Waals surface area contributed by atoms with Crippen molar-refractivity contribution in [1.29, 1.82) is 0 Å². The average Bonchev–Trinajstić information content (AvgIpc) is 2.38. The van der Waals surface area contributed by atoms with Gasteiger partial charge in [-0.1, -0.05) is 20.8 Å². The van der Waals surface area contributed by atoms with E-state index >= 15 is 0 Å². The molecule has 18 heavy (non-hydrogen) atoms. The Morgan fingerprint density at radius 3 is 2.39 bits per heavy atom. The van der Waals surface area contributed by atoms with Gasteiger partial charge in [0.15, 0.2) is 0 Å². The molecule has 1 unspecified atom stereocenters. The van der Waals surface area contributed by atoms with Crippen LogP contribution in [0.25, 0.3) is 0 Å². The molecule has 0 spiro atoms. The second kappa shape index (κ2) is 5.89. The van der Waals surface area contributed by atoms with Gasteiger partial charge in [-0.3, -0.25) is 4.90 Å². The fourth-order valence-corrected chi connectivity index (χ4v) is 3.70. The normalized spacial score (nSPS) is 35.7. The molecular weight excluding hydrogens is 224 g/mol. The van der Waals surface area contributed by atoms with Crippen molar-refractivity contribution in [3.63, 3.8) is 0 Å². The summed E-state index contributed by atoms with van der Waals surface area (Å²) in [4.78, 5) is 2.56. The zero-order valence-electron chi connectivity index (χ0n) is 12.3. The quantitative estimate of drug-likeness (QED) is 0.789. The predicted octanol–water partition coefficient (Wildman–Crippen LogP) is 1.86. The molecule has 2 aliphatic rings. The van der Waals surface area contributed by atoms with Crippen LogP contribution in [0, 0.1) is 11.3 Å². The van der Waals surface area contributed by atoms with Crippen molar-refractivity contribution in [2.24, 2.45) is 11.3 Å². The minimum absolute atomic E-state index is 0.298. The lowest BCUT2D eigenvalue weighted by Gasteiger charge is -2.45. The van der Waals surface area contributed by atoms with Gasteiger partial charge in [0, 0.05) is 31.7 Å². The number of hydrogen-bond donors (Lipinski definition) is 2. The van der Waals surface area contributed by atoms with E-state index in [0.29, 0.717) is 24.1 Å². The molecule has 106 valence electrons. The van der Waals surface area contributed by atoms with Crippen molar-refractivity contribution in [2.75, 3.05) is 26.2 Å². The van der Waals surface area contributed by atoms with Crippen LogP contribution in [0.3, 0.4) is 0 Å².